The Morgan fingerprint density at radius 1 is 1.25 bits per heavy atom. The SMILES string of the molecule is CCCNCCS(=O)(=O)NC(C)CN(C)C. The van der Waals surface area contributed by atoms with E-state index >= 15 is 0 Å². The summed E-state index contributed by atoms with van der Waals surface area (Å²) in [6, 6.07) is -0.0498. The van der Waals surface area contributed by atoms with Gasteiger partial charge < -0.3 is 10.2 Å². The first-order valence-electron chi connectivity index (χ1n) is 5.73. The lowest BCUT2D eigenvalue weighted by Crippen LogP contribution is -2.42. The van der Waals surface area contributed by atoms with Gasteiger partial charge in [0.2, 0.25) is 10.0 Å². The predicted molar refractivity (Wildman–Crippen MR) is 68.1 cm³/mol. The van der Waals surface area contributed by atoms with Gasteiger partial charge in [-0.1, -0.05) is 6.92 Å². The summed E-state index contributed by atoms with van der Waals surface area (Å²) in [5.41, 5.74) is 0. The normalized spacial score (nSPS) is 14.3. The molecule has 0 saturated carbocycles. The molecular weight excluding hydrogens is 226 g/mol. The fraction of sp³-hybridized carbons (Fsp3) is 1.00. The van der Waals surface area contributed by atoms with Crippen LogP contribution in [0.3, 0.4) is 0 Å². The van der Waals surface area contributed by atoms with Gasteiger partial charge in [-0.15, -0.1) is 0 Å². The number of hydrogen-bond acceptors (Lipinski definition) is 4. The second-order valence-electron chi connectivity index (χ2n) is 4.35. The van der Waals surface area contributed by atoms with Crippen LogP contribution in [0.5, 0.6) is 0 Å². The molecule has 0 amide bonds. The van der Waals surface area contributed by atoms with Crippen molar-refractivity contribution in [1.82, 2.24) is 14.9 Å². The molecule has 0 aromatic carbocycles. The molecule has 1 atom stereocenters. The third-order valence-electron chi connectivity index (χ3n) is 1.99. The Bertz CT molecular complexity index is 265. The van der Waals surface area contributed by atoms with E-state index in [-0.39, 0.29) is 11.8 Å². The van der Waals surface area contributed by atoms with Crippen molar-refractivity contribution >= 4 is 10.0 Å². The van der Waals surface area contributed by atoms with Crippen LogP contribution in [0.2, 0.25) is 0 Å². The van der Waals surface area contributed by atoms with E-state index in [1.54, 1.807) is 0 Å². The smallest absolute Gasteiger partial charge is 0.213 e. The maximum Gasteiger partial charge on any atom is 0.213 e. The Morgan fingerprint density at radius 3 is 2.38 bits per heavy atom. The fourth-order valence-corrected chi connectivity index (χ4v) is 2.68. The Kier molecular flexibility index (Phi) is 7.91. The van der Waals surface area contributed by atoms with Gasteiger partial charge in [0.25, 0.3) is 0 Å². The monoisotopic (exact) mass is 251 g/mol. The van der Waals surface area contributed by atoms with Crippen molar-refractivity contribution in [3.63, 3.8) is 0 Å². The van der Waals surface area contributed by atoms with Crippen molar-refractivity contribution < 1.29 is 8.42 Å². The minimum absolute atomic E-state index is 0.0498. The second kappa shape index (κ2) is 8.00. The van der Waals surface area contributed by atoms with E-state index in [0.29, 0.717) is 13.1 Å². The molecule has 0 saturated heterocycles. The van der Waals surface area contributed by atoms with Gasteiger partial charge in [-0.05, 0) is 34.0 Å². The summed E-state index contributed by atoms with van der Waals surface area (Å²) in [7, 11) is 0.702. The van der Waals surface area contributed by atoms with Crippen LogP contribution in [-0.2, 0) is 10.0 Å². The minimum atomic E-state index is -3.15. The Morgan fingerprint density at radius 2 is 1.88 bits per heavy atom. The first-order chi connectivity index (χ1) is 7.37. The molecule has 1 unspecified atom stereocenters. The quantitative estimate of drug-likeness (QED) is 0.560. The molecular formula is C10H25N3O2S. The molecule has 0 spiro atoms. The number of likely N-dealkylation sites (N-methyl/N-ethyl adjacent to an activating group) is 1. The highest BCUT2D eigenvalue weighted by atomic mass is 32.2. The van der Waals surface area contributed by atoms with Crippen LogP contribution in [0.15, 0.2) is 0 Å². The minimum Gasteiger partial charge on any atom is -0.316 e. The Hall–Kier alpha value is -0.170. The van der Waals surface area contributed by atoms with E-state index in [1.165, 1.54) is 0 Å². The van der Waals surface area contributed by atoms with Gasteiger partial charge in [-0.2, -0.15) is 0 Å². The van der Waals surface area contributed by atoms with E-state index in [2.05, 4.69) is 17.0 Å². The van der Waals surface area contributed by atoms with Crippen molar-refractivity contribution in [3.05, 3.63) is 0 Å². The van der Waals surface area contributed by atoms with Crippen LogP contribution >= 0.6 is 0 Å². The van der Waals surface area contributed by atoms with Crippen LogP contribution in [0.25, 0.3) is 0 Å². The predicted octanol–water partition coefficient (Wildman–Crippen LogP) is -0.144. The van der Waals surface area contributed by atoms with Gasteiger partial charge in [0.15, 0.2) is 0 Å². The van der Waals surface area contributed by atoms with Crippen molar-refractivity contribution in [3.8, 4) is 0 Å². The van der Waals surface area contributed by atoms with Gasteiger partial charge in [0, 0.05) is 19.1 Å². The van der Waals surface area contributed by atoms with Gasteiger partial charge in [0.05, 0.1) is 5.75 Å². The summed E-state index contributed by atoms with van der Waals surface area (Å²) in [5, 5.41) is 3.08. The summed E-state index contributed by atoms with van der Waals surface area (Å²) >= 11 is 0. The number of rotatable bonds is 9. The average Bonchev–Trinajstić information content (AvgIpc) is 2.10. The maximum absolute atomic E-state index is 11.6. The lowest BCUT2D eigenvalue weighted by Gasteiger charge is -2.18. The molecule has 2 N–H and O–H groups in total. The van der Waals surface area contributed by atoms with Crippen LogP contribution < -0.4 is 10.0 Å². The molecule has 5 nitrogen and oxygen atoms in total. The summed E-state index contributed by atoms with van der Waals surface area (Å²) in [6.07, 6.45) is 1.02. The molecule has 0 fully saturated rings. The standard InChI is InChI=1S/C10H25N3O2S/c1-5-6-11-7-8-16(14,15)12-10(2)9-13(3)4/h10-12H,5-9H2,1-4H3. The summed E-state index contributed by atoms with van der Waals surface area (Å²) < 4.78 is 25.9. The third kappa shape index (κ3) is 9.08. The van der Waals surface area contributed by atoms with Crippen molar-refractivity contribution in [2.45, 2.75) is 26.3 Å². The highest BCUT2D eigenvalue weighted by molar-refractivity contribution is 7.89. The van der Waals surface area contributed by atoms with Crippen molar-refractivity contribution in [2.24, 2.45) is 0 Å². The molecule has 0 bridgehead atoms. The number of sulfonamides is 1. The summed E-state index contributed by atoms with van der Waals surface area (Å²) in [6.45, 7) is 6.01. The molecule has 98 valence electrons. The molecule has 0 aromatic rings. The molecule has 0 aliphatic heterocycles. The number of hydrogen-bond donors (Lipinski definition) is 2. The van der Waals surface area contributed by atoms with Crippen LogP contribution in [0.1, 0.15) is 20.3 Å². The topological polar surface area (TPSA) is 61.4 Å². The fourth-order valence-electron chi connectivity index (χ4n) is 1.46. The van der Waals surface area contributed by atoms with E-state index in [4.69, 9.17) is 0 Å². The summed E-state index contributed by atoms with van der Waals surface area (Å²) in [5.74, 6) is 0.144. The molecule has 0 aromatic heterocycles. The lowest BCUT2D eigenvalue weighted by molar-refractivity contribution is 0.370. The zero-order valence-electron chi connectivity index (χ0n) is 10.8. The molecule has 16 heavy (non-hydrogen) atoms. The van der Waals surface area contributed by atoms with Crippen molar-refractivity contribution in [1.29, 1.82) is 0 Å². The van der Waals surface area contributed by atoms with E-state index < -0.39 is 10.0 Å². The highest BCUT2D eigenvalue weighted by Crippen LogP contribution is 1.91. The van der Waals surface area contributed by atoms with Crippen molar-refractivity contribution in [2.75, 3.05) is 39.5 Å². The van der Waals surface area contributed by atoms with E-state index in [9.17, 15) is 8.42 Å². The zero-order valence-corrected chi connectivity index (χ0v) is 11.6. The first kappa shape index (κ1) is 15.8. The van der Waals surface area contributed by atoms with Crippen LogP contribution in [0.4, 0.5) is 0 Å². The zero-order chi connectivity index (χ0) is 12.6. The molecule has 0 aliphatic rings. The second-order valence-corrected chi connectivity index (χ2v) is 6.22. The molecule has 6 heteroatoms. The summed E-state index contributed by atoms with van der Waals surface area (Å²) in [4.78, 5) is 1.96. The van der Waals surface area contributed by atoms with Gasteiger partial charge in [-0.25, -0.2) is 13.1 Å². The number of nitrogens with zero attached hydrogens (tertiary/aromatic N) is 1. The van der Waals surface area contributed by atoms with Gasteiger partial charge >= 0.3 is 0 Å². The lowest BCUT2D eigenvalue weighted by atomic mass is 10.3. The van der Waals surface area contributed by atoms with Gasteiger partial charge in [-0.3, -0.25) is 0 Å². The molecule has 0 aliphatic carbocycles. The van der Waals surface area contributed by atoms with Crippen LogP contribution in [0, 0.1) is 0 Å². The average molecular weight is 251 g/mol. The molecule has 0 radical (unpaired) electrons. The highest BCUT2D eigenvalue weighted by Gasteiger charge is 2.14. The Balaban J connectivity index is 3.86. The maximum atomic E-state index is 11.6. The van der Waals surface area contributed by atoms with E-state index in [0.717, 1.165) is 13.0 Å². The Labute approximate surface area is 99.6 Å². The molecule has 0 rings (SSSR count). The first-order valence-corrected chi connectivity index (χ1v) is 7.38. The van der Waals surface area contributed by atoms with Crippen LogP contribution in [-0.4, -0.2) is 58.8 Å². The van der Waals surface area contributed by atoms with E-state index in [1.807, 2.05) is 25.9 Å². The number of nitrogens with one attached hydrogen (secondary N) is 2. The van der Waals surface area contributed by atoms with Gasteiger partial charge in [0.1, 0.15) is 0 Å². The largest absolute Gasteiger partial charge is 0.316 e. The molecule has 0 heterocycles. The third-order valence-corrected chi connectivity index (χ3v) is 3.50.